The Bertz CT molecular complexity index is 635. The Labute approximate surface area is 142 Å². The Hall–Kier alpha value is -1.59. The van der Waals surface area contributed by atoms with Crippen molar-refractivity contribution in [2.24, 2.45) is 5.92 Å². The Kier molecular flexibility index (Phi) is 5.18. The van der Waals surface area contributed by atoms with Gasteiger partial charge in [-0.1, -0.05) is 36.7 Å². The minimum absolute atomic E-state index is 0.543. The van der Waals surface area contributed by atoms with Gasteiger partial charge in [0.1, 0.15) is 0 Å². The fraction of sp³-hybridized carbons (Fsp3) is 0.529. The molecule has 5 nitrogen and oxygen atoms in total. The topological polar surface area (TPSA) is 45.4 Å². The Balaban J connectivity index is 1.52. The summed E-state index contributed by atoms with van der Waals surface area (Å²) in [4.78, 5) is 9.20. The lowest BCUT2D eigenvalue weighted by Gasteiger charge is -2.35. The van der Waals surface area contributed by atoms with Gasteiger partial charge < -0.3 is 9.42 Å². The smallest absolute Gasteiger partial charge is 0.240 e. The zero-order valence-corrected chi connectivity index (χ0v) is 14.5. The standard InChI is InChI=1S/C17H23ClN4O/c1-13(2)10-16-19-17(23-20-16)12-21-6-8-22(9-7-21)15-5-3-4-14(18)11-15/h3-5,11,13H,6-10,12H2,1-2H3. The minimum Gasteiger partial charge on any atom is -0.369 e. The quantitative estimate of drug-likeness (QED) is 0.840. The van der Waals surface area contributed by atoms with Crippen LogP contribution in [0.4, 0.5) is 5.69 Å². The minimum atomic E-state index is 0.543. The van der Waals surface area contributed by atoms with Gasteiger partial charge in [-0.3, -0.25) is 4.90 Å². The van der Waals surface area contributed by atoms with Gasteiger partial charge in [-0.2, -0.15) is 4.98 Å². The summed E-state index contributed by atoms with van der Waals surface area (Å²) in [5.41, 5.74) is 1.19. The molecule has 0 radical (unpaired) electrons. The van der Waals surface area contributed by atoms with Gasteiger partial charge in [0.2, 0.25) is 5.89 Å². The second kappa shape index (κ2) is 7.32. The number of nitrogens with zero attached hydrogens (tertiary/aromatic N) is 4. The highest BCUT2D eigenvalue weighted by atomic mass is 35.5. The van der Waals surface area contributed by atoms with Crippen LogP contribution in [0.25, 0.3) is 0 Å². The van der Waals surface area contributed by atoms with E-state index in [4.69, 9.17) is 16.1 Å². The number of benzene rings is 1. The summed E-state index contributed by atoms with van der Waals surface area (Å²) < 4.78 is 5.36. The molecule has 0 bridgehead atoms. The zero-order chi connectivity index (χ0) is 16.2. The molecule has 23 heavy (non-hydrogen) atoms. The van der Waals surface area contributed by atoms with Gasteiger partial charge >= 0.3 is 0 Å². The lowest BCUT2D eigenvalue weighted by Crippen LogP contribution is -2.46. The highest BCUT2D eigenvalue weighted by Crippen LogP contribution is 2.21. The molecule has 2 aromatic rings. The first-order valence-electron chi connectivity index (χ1n) is 8.14. The van der Waals surface area contributed by atoms with Crippen LogP contribution in [0.3, 0.4) is 0 Å². The first-order valence-corrected chi connectivity index (χ1v) is 8.52. The van der Waals surface area contributed by atoms with Gasteiger partial charge in [0.25, 0.3) is 0 Å². The maximum Gasteiger partial charge on any atom is 0.240 e. The average molecular weight is 335 g/mol. The van der Waals surface area contributed by atoms with E-state index in [1.807, 2.05) is 18.2 Å². The lowest BCUT2D eigenvalue weighted by atomic mass is 10.1. The van der Waals surface area contributed by atoms with E-state index in [9.17, 15) is 0 Å². The Morgan fingerprint density at radius 2 is 2.00 bits per heavy atom. The summed E-state index contributed by atoms with van der Waals surface area (Å²) in [6.45, 7) is 8.97. The van der Waals surface area contributed by atoms with Crippen LogP contribution in [0.1, 0.15) is 25.6 Å². The van der Waals surface area contributed by atoms with Crippen LogP contribution in [0.15, 0.2) is 28.8 Å². The molecule has 1 aliphatic heterocycles. The summed E-state index contributed by atoms with van der Waals surface area (Å²) in [7, 11) is 0. The van der Waals surface area contributed by atoms with Crippen LogP contribution >= 0.6 is 11.6 Å². The third-order valence-electron chi connectivity index (χ3n) is 4.01. The highest BCUT2D eigenvalue weighted by Gasteiger charge is 2.19. The Morgan fingerprint density at radius 3 is 2.70 bits per heavy atom. The highest BCUT2D eigenvalue weighted by molar-refractivity contribution is 6.30. The maximum absolute atomic E-state index is 6.07. The van der Waals surface area contributed by atoms with Crippen molar-refractivity contribution in [3.63, 3.8) is 0 Å². The van der Waals surface area contributed by atoms with Crippen LogP contribution < -0.4 is 4.90 Å². The van der Waals surface area contributed by atoms with Crippen molar-refractivity contribution in [1.82, 2.24) is 15.0 Å². The molecule has 1 fully saturated rings. The number of rotatable bonds is 5. The predicted octanol–water partition coefficient (Wildman–Crippen LogP) is 3.24. The third-order valence-corrected chi connectivity index (χ3v) is 4.24. The second-order valence-electron chi connectivity index (χ2n) is 6.45. The average Bonchev–Trinajstić information content (AvgIpc) is 2.94. The van der Waals surface area contributed by atoms with E-state index >= 15 is 0 Å². The van der Waals surface area contributed by atoms with Crippen molar-refractivity contribution in [2.75, 3.05) is 31.1 Å². The fourth-order valence-electron chi connectivity index (χ4n) is 2.83. The molecule has 3 rings (SSSR count). The maximum atomic E-state index is 6.07. The first-order chi connectivity index (χ1) is 11.1. The van der Waals surface area contributed by atoms with Gasteiger partial charge in [-0.15, -0.1) is 0 Å². The molecule has 1 saturated heterocycles. The van der Waals surface area contributed by atoms with Gasteiger partial charge in [0, 0.05) is 43.3 Å². The van der Waals surface area contributed by atoms with Crippen LogP contribution in [-0.4, -0.2) is 41.2 Å². The molecule has 0 N–H and O–H groups in total. The number of hydrogen-bond acceptors (Lipinski definition) is 5. The molecule has 0 unspecified atom stereocenters. The summed E-state index contributed by atoms with van der Waals surface area (Å²) in [6.07, 6.45) is 0.867. The van der Waals surface area contributed by atoms with E-state index < -0.39 is 0 Å². The van der Waals surface area contributed by atoms with E-state index in [-0.39, 0.29) is 0 Å². The SMILES string of the molecule is CC(C)Cc1noc(CN2CCN(c3cccc(Cl)c3)CC2)n1. The van der Waals surface area contributed by atoms with Crippen molar-refractivity contribution in [3.8, 4) is 0 Å². The van der Waals surface area contributed by atoms with E-state index in [0.717, 1.165) is 55.9 Å². The molecular formula is C17H23ClN4O. The monoisotopic (exact) mass is 334 g/mol. The molecule has 0 amide bonds. The van der Waals surface area contributed by atoms with Gasteiger partial charge in [-0.25, -0.2) is 0 Å². The van der Waals surface area contributed by atoms with E-state index in [1.54, 1.807) is 0 Å². The van der Waals surface area contributed by atoms with E-state index in [0.29, 0.717) is 5.92 Å². The summed E-state index contributed by atoms with van der Waals surface area (Å²) in [5.74, 6) is 2.08. The fourth-order valence-corrected chi connectivity index (χ4v) is 3.02. The predicted molar refractivity (Wildman–Crippen MR) is 91.8 cm³/mol. The molecule has 1 aromatic heterocycles. The van der Waals surface area contributed by atoms with Gasteiger partial charge in [-0.05, 0) is 24.1 Å². The van der Waals surface area contributed by atoms with Crippen molar-refractivity contribution in [1.29, 1.82) is 0 Å². The number of piperazine rings is 1. The number of anilines is 1. The lowest BCUT2D eigenvalue weighted by molar-refractivity contribution is 0.215. The van der Waals surface area contributed by atoms with Gasteiger partial charge in [0.15, 0.2) is 5.82 Å². The normalized spacial score (nSPS) is 16.3. The Morgan fingerprint density at radius 1 is 1.22 bits per heavy atom. The molecule has 1 aromatic carbocycles. The van der Waals surface area contributed by atoms with Crippen LogP contribution in [0, 0.1) is 5.92 Å². The molecule has 1 aliphatic rings. The number of hydrogen-bond donors (Lipinski definition) is 0. The van der Waals surface area contributed by atoms with E-state index in [2.05, 4.69) is 39.9 Å². The molecular weight excluding hydrogens is 312 g/mol. The first kappa shape index (κ1) is 16.3. The molecule has 2 heterocycles. The zero-order valence-electron chi connectivity index (χ0n) is 13.7. The molecule has 124 valence electrons. The van der Waals surface area contributed by atoms with Crippen molar-refractivity contribution >= 4 is 17.3 Å². The van der Waals surface area contributed by atoms with Gasteiger partial charge in [0.05, 0.1) is 6.54 Å². The van der Waals surface area contributed by atoms with Crippen molar-refractivity contribution in [2.45, 2.75) is 26.8 Å². The molecule has 6 heteroatoms. The third kappa shape index (κ3) is 4.45. The summed E-state index contributed by atoms with van der Waals surface area (Å²) >= 11 is 6.07. The largest absolute Gasteiger partial charge is 0.369 e. The molecule has 0 saturated carbocycles. The number of aromatic nitrogens is 2. The summed E-state index contributed by atoms with van der Waals surface area (Å²) in [6, 6.07) is 8.04. The molecule has 0 spiro atoms. The van der Waals surface area contributed by atoms with Crippen LogP contribution in [-0.2, 0) is 13.0 Å². The van der Waals surface area contributed by atoms with Crippen LogP contribution in [0.5, 0.6) is 0 Å². The van der Waals surface area contributed by atoms with E-state index in [1.165, 1.54) is 5.69 Å². The summed E-state index contributed by atoms with van der Waals surface area (Å²) in [5, 5.41) is 4.84. The molecule has 0 aliphatic carbocycles. The van der Waals surface area contributed by atoms with Crippen molar-refractivity contribution in [3.05, 3.63) is 41.0 Å². The van der Waals surface area contributed by atoms with Crippen LogP contribution in [0.2, 0.25) is 5.02 Å². The van der Waals surface area contributed by atoms with Crippen molar-refractivity contribution < 1.29 is 4.52 Å². The molecule has 0 atom stereocenters. The number of halogens is 1. The second-order valence-corrected chi connectivity index (χ2v) is 6.88.